The molecule has 0 unspecified atom stereocenters. The summed E-state index contributed by atoms with van der Waals surface area (Å²) in [7, 11) is 0. The van der Waals surface area contributed by atoms with Crippen molar-refractivity contribution in [3.8, 4) is 0 Å². The third kappa shape index (κ3) is 1.04. The van der Waals surface area contributed by atoms with Crippen molar-refractivity contribution in [2.75, 3.05) is 5.73 Å². The number of anilines is 1. The van der Waals surface area contributed by atoms with Gasteiger partial charge >= 0.3 is 0 Å². The Morgan fingerprint density at radius 2 is 1.93 bits per heavy atom. The summed E-state index contributed by atoms with van der Waals surface area (Å²) < 4.78 is 39.5. The van der Waals surface area contributed by atoms with Crippen LogP contribution in [0.3, 0.4) is 0 Å². The molecule has 2 rings (SSSR count). The van der Waals surface area contributed by atoms with Gasteiger partial charge in [-0.1, -0.05) is 0 Å². The van der Waals surface area contributed by atoms with Crippen molar-refractivity contribution in [2.24, 2.45) is 0 Å². The van der Waals surface area contributed by atoms with E-state index in [-0.39, 0.29) is 11.3 Å². The van der Waals surface area contributed by atoms with Crippen LogP contribution in [0.2, 0.25) is 0 Å². The molecule has 1 aromatic carbocycles. The fourth-order valence-corrected chi connectivity index (χ4v) is 1.44. The topological polar surface area (TPSA) is 43.8 Å². The van der Waals surface area contributed by atoms with E-state index in [1.54, 1.807) is 0 Å². The monoisotopic (exact) mass is 221 g/mol. The normalized spacial score (nSPS) is 11.1. The number of hydrogen-bond donors (Lipinski definition) is 1. The number of aromatic nitrogens is 2. The van der Waals surface area contributed by atoms with Crippen LogP contribution in [-0.4, -0.2) is 9.30 Å². The highest BCUT2D eigenvalue weighted by Crippen LogP contribution is 2.28. The van der Waals surface area contributed by atoms with Gasteiger partial charge in [-0.25, -0.2) is 13.2 Å². The Labute approximate surface area is 81.0 Å². The standard InChI is InChI=1S/C7H3ClF3N3/c8-14-6-3(10)1-2(9)5(11)4(6)7(12)13-14/h1H,(H2,12,13). The highest BCUT2D eigenvalue weighted by atomic mass is 35.5. The maximum Gasteiger partial charge on any atom is 0.172 e. The molecule has 0 atom stereocenters. The highest BCUT2D eigenvalue weighted by Gasteiger charge is 2.19. The Balaban J connectivity index is 3.05. The van der Waals surface area contributed by atoms with Crippen molar-refractivity contribution in [2.45, 2.75) is 0 Å². The molecule has 1 heterocycles. The number of nitrogen functional groups attached to an aromatic ring is 1. The van der Waals surface area contributed by atoms with Crippen LogP contribution in [0, 0.1) is 17.5 Å². The van der Waals surface area contributed by atoms with Gasteiger partial charge in [0.2, 0.25) is 0 Å². The third-order valence-electron chi connectivity index (χ3n) is 1.78. The van der Waals surface area contributed by atoms with Crippen LogP contribution in [0.4, 0.5) is 19.0 Å². The van der Waals surface area contributed by atoms with E-state index < -0.39 is 22.8 Å². The van der Waals surface area contributed by atoms with Gasteiger partial charge in [0, 0.05) is 17.8 Å². The SMILES string of the molecule is Nc1nn(Cl)c2c(F)cc(F)c(F)c12. The molecule has 0 amide bonds. The molecular weight excluding hydrogens is 219 g/mol. The number of fused-ring (bicyclic) bond motifs is 1. The smallest absolute Gasteiger partial charge is 0.172 e. The number of halogens is 4. The largest absolute Gasteiger partial charge is 0.382 e. The molecule has 74 valence electrons. The molecule has 0 aliphatic heterocycles. The molecule has 7 heteroatoms. The van der Waals surface area contributed by atoms with E-state index in [1.807, 2.05) is 0 Å². The van der Waals surface area contributed by atoms with Gasteiger partial charge < -0.3 is 5.73 Å². The molecule has 0 aliphatic carbocycles. The van der Waals surface area contributed by atoms with Crippen molar-refractivity contribution in [3.05, 3.63) is 23.5 Å². The maximum atomic E-state index is 13.1. The van der Waals surface area contributed by atoms with E-state index in [0.29, 0.717) is 10.3 Å². The van der Waals surface area contributed by atoms with Crippen LogP contribution in [0.25, 0.3) is 10.9 Å². The number of hydrogen-bond acceptors (Lipinski definition) is 2. The number of benzene rings is 1. The minimum atomic E-state index is -1.33. The van der Waals surface area contributed by atoms with Crippen LogP contribution >= 0.6 is 11.8 Å². The molecule has 2 N–H and O–H groups in total. The Kier molecular flexibility index (Phi) is 1.81. The van der Waals surface area contributed by atoms with Crippen LogP contribution < -0.4 is 5.73 Å². The van der Waals surface area contributed by atoms with Gasteiger partial charge in [0.25, 0.3) is 0 Å². The second kappa shape index (κ2) is 2.78. The first-order valence-electron chi connectivity index (χ1n) is 3.50. The first kappa shape index (κ1) is 9.14. The molecular formula is C7H3ClF3N3. The van der Waals surface area contributed by atoms with Gasteiger partial charge in [0.15, 0.2) is 23.3 Å². The van der Waals surface area contributed by atoms with Crippen molar-refractivity contribution >= 4 is 28.5 Å². The van der Waals surface area contributed by atoms with E-state index in [4.69, 9.17) is 17.5 Å². The minimum Gasteiger partial charge on any atom is -0.382 e. The fraction of sp³-hybridized carbons (Fsp3) is 0. The maximum absolute atomic E-state index is 13.1. The quantitative estimate of drug-likeness (QED) is 0.692. The van der Waals surface area contributed by atoms with Gasteiger partial charge in [0.1, 0.15) is 5.52 Å². The van der Waals surface area contributed by atoms with Gasteiger partial charge in [0.05, 0.1) is 5.39 Å². The van der Waals surface area contributed by atoms with Crippen LogP contribution in [0.1, 0.15) is 0 Å². The lowest BCUT2D eigenvalue weighted by Gasteiger charge is -1.97. The summed E-state index contributed by atoms with van der Waals surface area (Å²) in [4.78, 5) is 0. The number of nitrogens with two attached hydrogens (primary N) is 1. The molecule has 2 aromatic rings. The molecule has 0 saturated heterocycles. The molecule has 0 radical (unpaired) electrons. The highest BCUT2D eigenvalue weighted by molar-refractivity contribution is 6.19. The van der Waals surface area contributed by atoms with Gasteiger partial charge in [-0.3, -0.25) is 0 Å². The van der Waals surface area contributed by atoms with Crippen molar-refractivity contribution < 1.29 is 13.2 Å². The summed E-state index contributed by atoms with van der Waals surface area (Å²) in [6.07, 6.45) is 0. The summed E-state index contributed by atoms with van der Waals surface area (Å²) in [6, 6.07) is 0.387. The summed E-state index contributed by atoms with van der Waals surface area (Å²) >= 11 is 5.40. The second-order valence-corrected chi connectivity index (χ2v) is 2.94. The average Bonchev–Trinajstić information content (AvgIpc) is 2.38. The van der Waals surface area contributed by atoms with E-state index in [2.05, 4.69) is 5.10 Å². The van der Waals surface area contributed by atoms with Crippen LogP contribution in [0.5, 0.6) is 0 Å². The third-order valence-corrected chi connectivity index (χ3v) is 2.03. The molecule has 0 spiro atoms. The Hall–Kier alpha value is -1.43. The fourth-order valence-electron chi connectivity index (χ4n) is 1.19. The van der Waals surface area contributed by atoms with Crippen LogP contribution in [0.15, 0.2) is 6.07 Å². The predicted molar refractivity (Wildman–Crippen MR) is 45.3 cm³/mol. The van der Waals surface area contributed by atoms with Crippen molar-refractivity contribution in [1.82, 2.24) is 9.30 Å². The summed E-state index contributed by atoms with van der Waals surface area (Å²) in [5.41, 5.74) is 4.85. The molecule has 3 nitrogen and oxygen atoms in total. The zero-order chi connectivity index (χ0) is 10.5. The second-order valence-electron chi connectivity index (χ2n) is 2.62. The summed E-state index contributed by atoms with van der Waals surface area (Å²) in [5.74, 6) is -3.96. The predicted octanol–water partition coefficient (Wildman–Crippen LogP) is 2.04. The Bertz CT molecular complexity index is 523. The van der Waals surface area contributed by atoms with Gasteiger partial charge in [-0.05, 0) is 0 Å². The zero-order valence-electron chi connectivity index (χ0n) is 6.56. The van der Waals surface area contributed by atoms with E-state index >= 15 is 0 Å². The van der Waals surface area contributed by atoms with Crippen LogP contribution in [-0.2, 0) is 0 Å². The molecule has 0 saturated carbocycles. The average molecular weight is 222 g/mol. The molecule has 14 heavy (non-hydrogen) atoms. The van der Waals surface area contributed by atoms with E-state index in [1.165, 1.54) is 0 Å². The van der Waals surface area contributed by atoms with Gasteiger partial charge in [-0.15, -0.1) is 5.10 Å². The first-order valence-corrected chi connectivity index (χ1v) is 3.84. The Morgan fingerprint density at radius 1 is 1.29 bits per heavy atom. The van der Waals surface area contributed by atoms with E-state index in [0.717, 1.165) is 0 Å². The first-order chi connectivity index (χ1) is 6.52. The molecule has 1 aromatic heterocycles. The van der Waals surface area contributed by atoms with E-state index in [9.17, 15) is 13.2 Å². The molecule has 0 aliphatic rings. The lowest BCUT2D eigenvalue weighted by Crippen LogP contribution is -1.92. The Morgan fingerprint density at radius 3 is 2.57 bits per heavy atom. The van der Waals surface area contributed by atoms with Crippen molar-refractivity contribution in [1.29, 1.82) is 0 Å². The lowest BCUT2D eigenvalue weighted by atomic mass is 10.2. The van der Waals surface area contributed by atoms with Crippen molar-refractivity contribution in [3.63, 3.8) is 0 Å². The van der Waals surface area contributed by atoms with Gasteiger partial charge in [-0.2, -0.15) is 4.20 Å². The molecule has 0 bridgehead atoms. The summed E-state index contributed by atoms with van der Waals surface area (Å²) in [6.45, 7) is 0. The minimum absolute atomic E-state index is 0.356. The summed E-state index contributed by atoms with van der Waals surface area (Å²) in [5, 5.41) is 2.92. The zero-order valence-corrected chi connectivity index (χ0v) is 7.32. The molecule has 0 fully saturated rings. The lowest BCUT2D eigenvalue weighted by molar-refractivity contribution is 0.505. The number of nitrogens with zero attached hydrogens (tertiary/aromatic N) is 2. The number of rotatable bonds is 0.